The van der Waals surface area contributed by atoms with Crippen LogP contribution >= 0.6 is 0 Å². The van der Waals surface area contributed by atoms with Crippen LogP contribution in [-0.4, -0.2) is 9.58 Å². The quantitative estimate of drug-likeness (QED) is 0.863. The maximum absolute atomic E-state index is 12.8. The summed E-state index contributed by atoms with van der Waals surface area (Å²) in [4.78, 5) is 0. The van der Waals surface area contributed by atoms with E-state index in [-0.39, 0.29) is 17.4 Å². The van der Waals surface area contributed by atoms with Crippen molar-refractivity contribution in [1.29, 1.82) is 0 Å². The van der Waals surface area contributed by atoms with E-state index in [2.05, 4.69) is 0 Å². The van der Waals surface area contributed by atoms with Gasteiger partial charge in [-0.05, 0) is 35.4 Å². The number of hydrogen-bond donors (Lipinski definition) is 1. The second-order valence-electron chi connectivity index (χ2n) is 4.22. The zero-order chi connectivity index (χ0) is 13.9. The zero-order valence-electron chi connectivity index (χ0n) is 10.1. The first kappa shape index (κ1) is 13.7. The van der Waals surface area contributed by atoms with E-state index in [1.54, 1.807) is 12.1 Å². The molecule has 2 aromatic rings. The van der Waals surface area contributed by atoms with Gasteiger partial charge in [-0.2, -0.15) is 0 Å². The molecule has 0 spiro atoms. The van der Waals surface area contributed by atoms with Crippen molar-refractivity contribution in [2.24, 2.45) is 5.14 Å². The summed E-state index contributed by atoms with van der Waals surface area (Å²) in [5.74, 6) is -0.598. The molecule has 0 aliphatic heterocycles. The molecule has 2 N–H and O–H groups in total. The molecular weight excluding hydrogens is 268 g/mol. The van der Waals surface area contributed by atoms with Gasteiger partial charge >= 0.3 is 0 Å². The summed E-state index contributed by atoms with van der Waals surface area (Å²) in [6.07, 6.45) is 0. The average molecular weight is 281 g/mol. The highest BCUT2D eigenvalue weighted by atomic mass is 32.2. The van der Waals surface area contributed by atoms with Gasteiger partial charge in [-0.25, -0.2) is 8.78 Å². The molecule has 0 aliphatic rings. The van der Waals surface area contributed by atoms with Crippen molar-refractivity contribution in [3.8, 4) is 0 Å². The predicted molar refractivity (Wildman–Crippen MR) is 74.0 cm³/mol. The lowest BCUT2D eigenvalue weighted by Crippen LogP contribution is -2.18. The molecule has 1 atom stereocenters. The van der Waals surface area contributed by atoms with Crippen molar-refractivity contribution in [2.45, 2.75) is 5.75 Å². The summed E-state index contributed by atoms with van der Waals surface area (Å²) < 4.78 is 37.7. The van der Waals surface area contributed by atoms with Crippen molar-refractivity contribution in [2.75, 3.05) is 0 Å². The van der Waals surface area contributed by atoms with E-state index in [9.17, 15) is 13.0 Å². The summed E-state index contributed by atoms with van der Waals surface area (Å²) in [5.41, 5.74) is 1.28. The van der Waals surface area contributed by atoms with Crippen LogP contribution in [-0.2, 0) is 15.5 Å². The molecule has 0 saturated heterocycles. The van der Waals surface area contributed by atoms with Crippen LogP contribution < -0.4 is 5.14 Å². The Balaban J connectivity index is 2.24. The SMILES string of the molecule is NS(=O)(=Cc1ccc(F)cc1)Cc1ccc(F)cc1. The molecule has 0 amide bonds. The molecule has 0 heterocycles. The zero-order valence-corrected chi connectivity index (χ0v) is 10.9. The normalized spacial score (nSPS) is 13.8. The molecule has 100 valence electrons. The van der Waals surface area contributed by atoms with Crippen molar-refractivity contribution < 1.29 is 13.0 Å². The van der Waals surface area contributed by atoms with Gasteiger partial charge in [0.05, 0.1) is 5.75 Å². The standard InChI is InChI=1S/C14H13F2NOS/c15-13-5-1-11(2-6-13)9-19(17,18)10-12-3-7-14(16)8-4-12/h1-9H,10H2,(H2,17,18). The van der Waals surface area contributed by atoms with Crippen molar-refractivity contribution in [3.05, 3.63) is 71.3 Å². The van der Waals surface area contributed by atoms with Gasteiger partial charge in [-0.3, -0.25) is 9.35 Å². The maximum atomic E-state index is 12.8. The molecule has 1 unspecified atom stereocenters. The fraction of sp³-hybridized carbons (Fsp3) is 0.0714. The molecule has 0 aliphatic carbocycles. The van der Waals surface area contributed by atoms with Gasteiger partial charge in [0.25, 0.3) is 0 Å². The molecular formula is C14H13F2NOS. The lowest BCUT2D eigenvalue weighted by Gasteiger charge is -2.05. The van der Waals surface area contributed by atoms with Gasteiger partial charge in [-0.15, -0.1) is 0 Å². The Morgan fingerprint density at radius 1 is 0.947 bits per heavy atom. The topological polar surface area (TPSA) is 43.1 Å². The molecule has 0 radical (unpaired) electrons. The molecule has 0 saturated carbocycles. The molecule has 19 heavy (non-hydrogen) atoms. The van der Waals surface area contributed by atoms with Crippen LogP contribution in [0.2, 0.25) is 0 Å². The van der Waals surface area contributed by atoms with Gasteiger partial charge in [0, 0.05) is 15.1 Å². The number of benzene rings is 2. The molecule has 5 heteroatoms. The molecule has 2 rings (SSSR count). The van der Waals surface area contributed by atoms with Crippen molar-refractivity contribution in [3.63, 3.8) is 0 Å². The summed E-state index contributed by atoms with van der Waals surface area (Å²) in [6.45, 7) is 0. The highest BCUT2D eigenvalue weighted by Gasteiger charge is 2.04. The van der Waals surface area contributed by atoms with Gasteiger partial charge in [0.1, 0.15) is 11.6 Å². The van der Waals surface area contributed by atoms with Crippen LogP contribution in [0.5, 0.6) is 0 Å². The fourth-order valence-corrected chi connectivity index (χ4v) is 3.07. The number of nitrogens with two attached hydrogens (primary N) is 1. The monoisotopic (exact) mass is 281 g/mol. The van der Waals surface area contributed by atoms with Gasteiger partial charge < -0.3 is 0 Å². The third-order valence-electron chi connectivity index (χ3n) is 2.51. The largest absolute Gasteiger partial charge is 0.259 e. The highest BCUT2D eigenvalue weighted by molar-refractivity contribution is 7.98. The van der Waals surface area contributed by atoms with Gasteiger partial charge in [-0.1, -0.05) is 24.3 Å². The Morgan fingerprint density at radius 3 is 1.95 bits per heavy atom. The van der Waals surface area contributed by atoms with E-state index in [4.69, 9.17) is 5.14 Å². The first-order valence-electron chi connectivity index (χ1n) is 5.59. The van der Waals surface area contributed by atoms with E-state index in [0.717, 1.165) is 0 Å². The number of halogens is 2. The molecule has 2 aromatic carbocycles. The third-order valence-corrected chi connectivity index (χ3v) is 3.97. The Bertz CT molecular complexity index is 672. The molecule has 0 fully saturated rings. The first-order chi connectivity index (χ1) is 8.94. The second kappa shape index (κ2) is 5.50. The minimum atomic E-state index is -2.73. The minimum Gasteiger partial charge on any atom is -0.259 e. The smallest absolute Gasteiger partial charge is 0.123 e. The van der Waals surface area contributed by atoms with Crippen LogP contribution in [0, 0.1) is 11.6 Å². The average Bonchev–Trinajstić information content (AvgIpc) is 2.34. The fourth-order valence-electron chi connectivity index (χ4n) is 1.65. The van der Waals surface area contributed by atoms with Gasteiger partial charge in [0.15, 0.2) is 0 Å². The Morgan fingerprint density at radius 2 is 1.42 bits per heavy atom. The van der Waals surface area contributed by atoms with E-state index >= 15 is 0 Å². The van der Waals surface area contributed by atoms with Crippen molar-refractivity contribution >= 4 is 15.1 Å². The Hall–Kier alpha value is -1.72. The first-order valence-corrected chi connectivity index (χ1v) is 7.44. The van der Waals surface area contributed by atoms with Crippen LogP contribution in [0.3, 0.4) is 0 Å². The van der Waals surface area contributed by atoms with E-state index in [0.29, 0.717) is 11.1 Å². The van der Waals surface area contributed by atoms with E-state index in [1.165, 1.54) is 41.8 Å². The van der Waals surface area contributed by atoms with Crippen LogP contribution in [0.1, 0.15) is 11.1 Å². The maximum Gasteiger partial charge on any atom is 0.123 e. The molecule has 0 bridgehead atoms. The van der Waals surface area contributed by atoms with Crippen LogP contribution in [0.25, 0.3) is 0 Å². The molecule has 2 nitrogen and oxygen atoms in total. The summed E-state index contributed by atoms with van der Waals surface area (Å²) in [7, 11) is -2.73. The van der Waals surface area contributed by atoms with Gasteiger partial charge in [0.2, 0.25) is 0 Å². The number of hydrogen-bond acceptors (Lipinski definition) is 1. The number of rotatable bonds is 3. The highest BCUT2D eigenvalue weighted by Crippen LogP contribution is 2.07. The van der Waals surface area contributed by atoms with Crippen LogP contribution in [0.4, 0.5) is 8.78 Å². The Labute approximate surface area is 111 Å². The summed E-state index contributed by atoms with van der Waals surface area (Å²) >= 11 is 0. The molecule has 0 aromatic heterocycles. The third kappa shape index (κ3) is 4.15. The predicted octanol–water partition coefficient (Wildman–Crippen LogP) is 2.47. The lowest BCUT2D eigenvalue weighted by atomic mass is 10.2. The lowest BCUT2D eigenvalue weighted by molar-refractivity contribution is 0.627. The van der Waals surface area contributed by atoms with E-state index in [1.807, 2.05) is 0 Å². The Kier molecular flexibility index (Phi) is 3.97. The summed E-state index contributed by atoms with van der Waals surface area (Å²) in [5, 5.41) is 7.15. The minimum absolute atomic E-state index is 0.116. The van der Waals surface area contributed by atoms with Crippen LogP contribution in [0.15, 0.2) is 48.5 Å². The summed E-state index contributed by atoms with van der Waals surface area (Å²) in [6, 6.07) is 11.2. The second-order valence-corrected chi connectivity index (χ2v) is 6.30. The van der Waals surface area contributed by atoms with Crippen molar-refractivity contribution in [1.82, 2.24) is 0 Å². The van der Waals surface area contributed by atoms with E-state index < -0.39 is 9.71 Å².